The van der Waals surface area contributed by atoms with Gasteiger partial charge in [0.15, 0.2) is 0 Å². The quantitative estimate of drug-likeness (QED) is 0.307. The average Bonchev–Trinajstić information content (AvgIpc) is 2.87. The molecule has 3 aromatic rings. The van der Waals surface area contributed by atoms with Crippen molar-refractivity contribution in [3.05, 3.63) is 89.5 Å². The van der Waals surface area contributed by atoms with Gasteiger partial charge in [-0.25, -0.2) is 13.2 Å². The van der Waals surface area contributed by atoms with E-state index in [9.17, 15) is 23.4 Å². The highest BCUT2D eigenvalue weighted by molar-refractivity contribution is 7.89. The highest BCUT2D eigenvalue weighted by Crippen LogP contribution is 2.25. The molecule has 3 aromatic carbocycles. The van der Waals surface area contributed by atoms with Gasteiger partial charge in [-0.1, -0.05) is 62.4 Å². The summed E-state index contributed by atoms with van der Waals surface area (Å²) >= 11 is 0. The first-order valence-electron chi connectivity index (χ1n) is 12.7. The van der Waals surface area contributed by atoms with Gasteiger partial charge in [-0.3, -0.25) is 0 Å². The smallest absolute Gasteiger partial charge is 0.335 e. The number of rotatable bonds is 12. The van der Waals surface area contributed by atoms with E-state index < -0.39 is 22.1 Å². The average molecular weight is 539 g/mol. The summed E-state index contributed by atoms with van der Waals surface area (Å²) in [6.45, 7) is 8.60. The van der Waals surface area contributed by atoms with Crippen LogP contribution < -0.4 is 5.32 Å². The Bertz CT molecular complexity index is 1350. The van der Waals surface area contributed by atoms with E-state index in [0.717, 1.165) is 10.7 Å². The lowest BCUT2D eigenvalue weighted by molar-refractivity contribution is 0.0697. The summed E-state index contributed by atoms with van der Waals surface area (Å²) in [6, 6.07) is 21.3. The zero-order chi connectivity index (χ0) is 28.1. The monoisotopic (exact) mass is 538 g/mol. The van der Waals surface area contributed by atoms with Crippen LogP contribution in [-0.2, 0) is 16.4 Å². The van der Waals surface area contributed by atoms with Gasteiger partial charge in [-0.2, -0.15) is 4.31 Å². The van der Waals surface area contributed by atoms with E-state index in [1.165, 1.54) is 42.4 Å². The molecule has 0 heterocycles. The molecule has 8 heteroatoms. The molecule has 0 aliphatic heterocycles. The summed E-state index contributed by atoms with van der Waals surface area (Å²) in [5, 5.41) is 23.3. The molecular formula is C30H38N2O5S. The molecule has 0 amide bonds. The van der Waals surface area contributed by atoms with Gasteiger partial charge in [0, 0.05) is 25.7 Å². The van der Waals surface area contributed by atoms with Crippen LogP contribution in [0.5, 0.6) is 0 Å². The predicted octanol–water partition coefficient (Wildman–Crippen LogP) is 4.77. The van der Waals surface area contributed by atoms with Gasteiger partial charge in [0.2, 0.25) is 10.0 Å². The van der Waals surface area contributed by atoms with Crippen molar-refractivity contribution < 1.29 is 23.4 Å². The molecule has 1 atom stereocenters. The lowest BCUT2D eigenvalue weighted by Crippen LogP contribution is -2.47. The number of β-amino-alcohol motifs (C(OH)–C–C–N with tert-alkyl or cyclic N) is 1. The first-order valence-corrected chi connectivity index (χ1v) is 14.1. The minimum absolute atomic E-state index is 0.0727. The molecule has 0 fully saturated rings. The zero-order valence-electron chi connectivity index (χ0n) is 22.7. The second-order valence-corrected chi connectivity index (χ2v) is 12.7. The van der Waals surface area contributed by atoms with Crippen molar-refractivity contribution in [2.75, 3.05) is 20.1 Å². The Labute approximate surface area is 226 Å². The van der Waals surface area contributed by atoms with Crippen molar-refractivity contribution in [1.82, 2.24) is 9.62 Å². The van der Waals surface area contributed by atoms with Gasteiger partial charge in [0.05, 0.1) is 16.6 Å². The summed E-state index contributed by atoms with van der Waals surface area (Å²) in [6.07, 6.45) is -0.143. The van der Waals surface area contributed by atoms with Gasteiger partial charge in [-0.15, -0.1) is 0 Å². The maximum atomic E-state index is 13.2. The number of aliphatic hydroxyl groups is 1. The number of aliphatic hydroxyl groups excluding tert-OH is 1. The van der Waals surface area contributed by atoms with Crippen molar-refractivity contribution in [2.45, 2.75) is 56.6 Å². The number of likely N-dealkylation sites (N-methyl/N-ethyl adjacent to an activating group) is 1. The number of benzene rings is 3. The van der Waals surface area contributed by atoms with E-state index >= 15 is 0 Å². The minimum Gasteiger partial charge on any atom is -0.478 e. The predicted molar refractivity (Wildman–Crippen MR) is 151 cm³/mol. The van der Waals surface area contributed by atoms with Crippen LogP contribution in [0.4, 0.5) is 0 Å². The summed E-state index contributed by atoms with van der Waals surface area (Å²) in [7, 11) is -2.43. The van der Waals surface area contributed by atoms with Crippen LogP contribution in [0.25, 0.3) is 11.1 Å². The van der Waals surface area contributed by atoms with Crippen LogP contribution in [0, 0.1) is 0 Å². The van der Waals surface area contributed by atoms with Crippen molar-refractivity contribution in [3.63, 3.8) is 0 Å². The van der Waals surface area contributed by atoms with Crippen LogP contribution in [-0.4, -0.2) is 60.7 Å². The fourth-order valence-corrected chi connectivity index (χ4v) is 5.55. The molecule has 0 spiro atoms. The van der Waals surface area contributed by atoms with Crippen molar-refractivity contribution >= 4 is 16.0 Å². The van der Waals surface area contributed by atoms with E-state index in [1.54, 1.807) is 24.3 Å². The van der Waals surface area contributed by atoms with Crippen molar-refractivity contribution in [3.8, 4) is 11.1 Å². The number of nitrogens with zero attached hydrogens (tertiary/aromatic N) is 1. The molecule has 0 saturated carbocycles. The molecule has 3 rings (SSSR count). The fourth-order valence-electron chi connectivity index (χ4n) is 4.29. The molecule has 38 heavy (non-hydrogen) atoms. The number of nitrogens with one attached hydrogen (secondary N) is 1. The first kappa shape index (κ1) is 29.5. The number of carbonyl (C=O) groups is 1. The molecule has 0 bridgehead atoms. The Kier molecular flexibility index (Phi) is 9.49. The Morgan fingerprint density at radius 2 is 1.58 bits per heavy atom. The fraction of sp³-hybridized carbons (Fsp3) is 0.367. The minimum atomic E-state index is -3.88. The summed E-state index contributed by atoms with van der Waals surface area (Å²) < 4.78 is 27.6. The maximum absolute atomic E-state index is 13.2. The Balaban J connectivity index is 1.63. The van der Waals surface area contributed by atoms with E-state index in [4.69, 9.17) is 0 Å². The van der Waals surface area contributed by atoms with Crippen LogP contribution in [0.15, 0.2) is 77.7 Å². The van der Waals surface area contributed by atoms with Gasteiger partial charge >= 0.3 is 5.97 Å². The number of carboxylic acid groups (broad SMARTS) is 1. The second-order valence-electron chi connectivity index (χ2n) is 10.7. The van der Waals surface area contributed by atoms with Crippen LogP contribution in [0.2, 0.25) is 0 Å². The Morgan fingerprint density at radius 3 is 2.18 bits per heavy atom. The molecule has 0 radical (unpaired) electrons. The summed E-state index contributed by atoms with van der Waals surface area (Å²) in [5.74, 6) is -0.575. The highest BCUT2D eigenvalue weighted by atomic mass is 32.2. The third-order valence-corrected chi connectivity index (χ3v) is 8.38. The van der Waals surface area contributed by atoms with Crippen LogP contribution >= 0.6 is 0 Å². The van der Waals surface area contributed by atoms with E-state index in [1.807, 2.05) is 0 Å². The summed E-state index contributed by atoms with van der Waals surface area (Å²) in [5.41, 5.74) is 3.51. The van der Waals surface area contributed by atoms with E-state index in [2.05, 4.69) is 57.3 Å². The van der Waals surface area contributed by atoms with Crippen LogP contribution in [0.1, 0.15) is 55.1 Å². The number of sulfonamides is 1. The van der Waals surface area contributed by atoms with Gasteiger partial charge in [0.1, 0.15) is 0 Å². The number of hydrogen-bond acceptors (Lipinski definition) is 5. The zero-order valence-corrected chi connectivity index (χ0v) is 23.5. The maximum Gasteiger partial charge on any atom is 0.335 e. The van der Waals surface area contributed by atoms with Crippen molar-refractivity contribution in [1.29, 1.82) is 0 Å². The third-order valence-electron chi connectivity index (χ3n) is 6.56. The molecule has 0 aliphatic carbocycles. The summed E-state index contributed by atoms with van der Waals surface area (Å²) in [4.78, 5) is 11.4. The number of carboxylic acids is 1. The van der Waals surface area contributed by atoms with Gasteiger partial charge < -0.3 is 15.5 Å². The number of aromatic carboxylic acids is 1. The van der Waals surface area contributed by atoms with Crippen LogP contribution in [0.3, 0.4) is 0 Å². The molecular weight excluding hydrogens is 500 g/mol. The normalized spacial score (nSPS) is 13.2. The first-order chi connectivity index (χ1) is 17.8. The Hall–Kier alpha value is -3.04. The van der Waals surface area contributed by atoms with Crippen molar-refractivity contribution in [2.24, 2.45) is 0 Å². The lowest BCUT2D eigenvalue weighted by Gasteiger charge is -2.29. The largest absolute Gasteiger partial charge is 0.478 e. The second kappa shape index (κ2) is 12.2. The molecule has 7 nitrogen and oxygen atoms in total. The molecule has 0 saturated heterocycles. The third kappa shape index (κ3) is 7.74. The van der Waals surface area contributed by atoms with Gasteiger partial charge in [-0.05, 0) is 72.7 Å². The standard InChI is InChI=1S/C30H38N2O5S/c1-21(2)23-14-12-22(13-15-23)18-30(3,4)31-19-27(33)20-32(5)38(36,37)28-11-7-9-25(17-28)24-8-6-10-26(16-24)29(34)35/h6-17,21,27,31,33H,18-20H2,1-5H3,(H,34,35)/t27-/m1/s1. The SMILES string of the molecule is CC(C)c1ccc(CC(C)(C)NC[C@@H](O)CN(C)S(=O)(=O)c2cccc(-c3cccc(C(=O)O)c3)c2)cc1. The van der Waals surface area contributed by atoms with E-state index in [-0.39, 0.29) is 29.1 Å². The molecule has 0 aliphatic rings. The molecule has 204 valence electrons. The topological polar surface area (TPSA) is 107 Å². The van der Waals surface area contributed by atoms with Gasteiger partial charge in [0.25, 0.3) is 0 Å². The highest BCUT2D eigenvalue weighted by Gasteiger charge is 2.25. The molecule has 0 unspecified atom stereocenters. The molecule has 0 aromatic heterocycles. The lowest BCUT2D eigenvalue weighted by atomic mass is 9.93. The van der Waals surface area contributed by atoms with E-state index in [0.29, 0.717) is 17.0 Å². The Morgan fingerprint density at radius 1 is 0.974 bits per heavy atom. The number of hydrogen-bond donors (Lipinski definition) is 3. The molecule has 3 N–H and O–H groups in total.